The fourth-order valence-electron chi connectivity index (χ4n) is 1.93. The molecule has 2 heteroatoms. The second kappa shape index (κ2) is 5.39. The Labute approximate surface area is 103 Å². The SMILES string of the molecule is CNc1ccc(Cc2ccccc2NC)cc1. The molecule has 0 aromatic heterocycles. The number of hydrogen-bond acceptors (Lipinski definition) is 2. The van der Waals surface area contributed by atoms with Crippen LogP contribution >= 0.6 is 0 Å². The molecule has 0 aliphatic heterocycles. The van der Waals surface area contributed by atoms with E-state index in [-0.39, 0.29) is 0 Å². The Hall–Kier alpha value is -1.96. The average molecular weight is 226 g/mol. The van der Waals surface area contributed by atoms with Crippen molar-refractivity contribution in [2.45, 2.75) is 6.42 Å². The predicted octanol–water partition coefficient (Wildman–Crippen LogP) is 3.36. The topological polar surface area (TPSA) is 24.1 Å². The normalized spacial score (nSPS) is 10.0. The molecule has 0 heterocycles. The minimum atomic E-state index is 0.959. The summed E-state index contributed by atoms with van der Waals surface area (Å²) in [5, 5.41) is 6.35. The molecule has 0 radical (unpaired) electrons. The number of rotatable bonds is 4. The third-order valence-corrected chi connectivity index (χ3v) is 2.92. The first-order chi connectivity index (χ1) is 8.33. The lowest BCUT2D eigenvalue weighted by atomic mass is 10.0. The quantitative estimate of drug-likeness (QED) is 0.835. The van der Waals surface area contributed by atoms with Crippen LogP contribution in [-0.2, 0) is 6.42 Å². The monoisotopic (exact) mass is 226 g/mol. The van der Waals surface area contributed by atoms with Gasteiger partial charge in [0.25, 0.3) is 0 Å². The van der Waals surface area contributed by atoms with Crippen LogP contribution in [0.3, 0.4) is 0 Å². The lowest BCUT2D eigenvalue weighted by molar-refractivity contribution is 1.19. The van der Waals surface area contributed by atoms with E-state index in [4.69, 9.17) is 0 Å². The van der Waals surface area contributed by atoms with Gasteiger partial charge in [0.05, 0.1) is 0 Å². The van der Waals surface area contributed by atoms with E-state index in [0.717, 1.165) is 12.1 Å². The van der Waals surface area contributed by atoms with E-state index >= 15 is 0 Å². The first-order valence-corrected chi connectivity index (χ1v) is 5.86. The minimum absolute atomic E-state index is 0.959. The standard InChI is InChI=1S/C15H18N2/c1-16-14-9-7-12(8-10-14)11-13-5-3-4-6-15(13)17-2/h3-10,16-17H,11H2,1-2H3. The molecule has 88 valence electrons. The lowest BCUT2D eigenvalue weighted by Crippen LogP contribution is -1.96. The largest absolute Gasteiger partial charge is 0.388 e. The Kier molecular flexibility index (Phi) is 3.66. The van der Waals surface area contributed by atoms with E-state index in [2.05, 4.69) is 59.2 Å². The molecule has 2 rings (SSSR count). The van der Waals surface area contributed by atoms with Crippen molar-refractivity contribution in [3.05, 3.63) is 59.7 Å². The van der Waals surface area contributed by atoms with E-state index in [1.165, 1.54) is 16.8 Å². The zero-order chi connectivity index (χ0) is 12.1. The van der Waals surface area contributed by atoms with Crippen molar-refractivity contribution in [2.24, 2.45) is 0 Å². The van der Waals surface area contributed by atoms with Gasteiger partial charge in [-0.1, -0.05) is 30.3 Å². The molecule has 0 bridgehead atoms. The maximum Gasteiger partial charge on any atom is 0.0373 e. The van der Waals surface area contributed by atoms with E-state index in [1.807, 2.05) is 14.1 Å². The Morgan fingerprint density at radius 3 is 2.18 bits per heavy atom. The molecular formula is C15H18N2. The molecule has 0 fully saturated rings. The summed E-state index contributed by atoms with van der Waals surface area (Å²) in [5.74, 6) is 0. The van der Waals surface area contributed by atoms with Crippen LogP contribution in [0.1, 0.15) is 11.1 Å². The molecule has 0 aliphatic rings. The zero-order valence-corrected chi connectivity index (χ0v) is 10.3. The summed E-state index contributed by atoms with van der Waals surface area (Å²) in [6, 6.07) is 17.0. The summed E-state index contributed by atoms with van der Waals surface area (Å²) in [7, 11) is 3.90. The van der Waals surface area contributed by atoms with Gasteiger partial charge < -0.3 is 10.6 Å². The van der Waals surface area contributed by atoms with Crippen LogP contribution in [0.15, 0.2) is 48.5 Å². The van der Waals surface area contributed by atoms with Gasteiger partial charge in [-0.05, 0) is 35.7 Å². The number of nitrogens with one attached hydrogen (secondary N) is 2. The van der Waals surface area contributed by atoms with Crippen molar-refractivity contribution >= 4 is 11.4 Å². The van der Waals surface area contributed by atoms with Crippen molar-refractivity contribution < 1.29 is 0 Å². The van der Waals surface area contributed by atoms with Gasteiger partial charge in [-0.2, -0.15) is 0 Å². The van der Waals surface area contributed by atoms with Gasteiger partial charge in [-0.25, -0.2) is 0 Å². The van der Waals surface area contributed by atoms with Crippen LogP contribution < -0.4 is 10.6 Å². The van der Waals surface area contributed by atoms with Gasteiger partial charge in [0.2, 0.25) is 0 Å². The van der Waals surface area contributed by atoms with Crippen molar-refractivity contribution in [1.29, 1.82) is 0 Å². The van der Waals surface area contributed by atoms with Crippen LogP contribution in [0.4, 0.5) is 11.4 Å². The van der Waals surface area contributed by atoms with Crippen molar-refractivity contribution in [3.63, 3.8) is 0 Å². The third-order valence-electron chi connectivity index (χ3n) is 2.92. The number of hydrogen-bond donors (Lipinski definition) is 2. The van der Waals surface area contributed by atoms with Crippen LogP contribution in [0.2, 0.25) is 0 Å². The highest BCUT2D eigenvalue weighted by Crippen LogP contribution is 2.19. The maximum absolute atomic E-state index is 3.23. The minimum Gasteiger partial charge on any atom is -0.388 e. The summed E-state index contributed by atoms with van der Waals surface area (Å²) < 4.78 is 0. The second-order valence-corrected chi connectivity index (χ2v) is 4.03. The van der Waals surface area contributed by atoms with Crippen molar-refractivity contribution in [1.82, 2.24) is 0 Å². The van der Waals surface area contributed by atoms with Gasteiger partial charge in [0.1, 0.15) is 0 Å². The highest BCUT2D eigenvalue weighted by atomic mass is 14.8. The summed E-state index contributed by atoms with van der Waals surface area (Å²) in [6.07, 6.45) is 0.959. The fourth-order valence-corrected chi connectivity index (χ4v) is 1.93. The summed E-state index contributed by atoms with van der Waals surface area (Å²) in [6.45, 7) is 0. The van der Waals surface area contributed by atoms with Crippen LogP contribution in [0.5, 0.6) is 0 Å². The van der Waals surface area contributed by atoms with E-state index in [0.29, 0.717) is 0 Å². The van der Waals surface area contributed by atoms with Gasteiger partial charge >= 0.3 is 0 Å². The smallest absolute Gasteiger partial charge is 0.0373 e. The fraction of sp³-hybridized carbons (Fsp3) is 0.200. The summed E-state index contributed by atoms with van der Waals surface area (Å²) >= 11 is 0. The highest BCUT2D eigenvalue weighted by Gasteiger charge is 2.01. The molecule has 2 nitrogen and oxygen atoms in total. The molecule has 0 amide bonds. The molecule has 0 atom stereocenters. The molecule has 0 unspecified atom stereocenters. The zero-order valence-electron chi connectivity index (χ0n) is 10.3. The molecule has 0 saturated carbocycles. The van der Waals surface area contributed by atoms with Gasteiger partial charge in [-0.3, -0.25) is 0 Å². The van der Waals surface area contributed by atoms with Gasteiger partial charge in [-0.15, -0.1) is 0 Å². The van der Waals surface area contributed by atoms with Gasteiger partial charge in [0.15, 0.2) is 0 Å². The second-order valence-electron chi connectivity index (χ2n) is 4.03. The Morgan fingerprint density at radius 2 is 1.53 bits per heavy atom. The third kappa shape index (κ3) is 2.78. The number of anilines is 2. The molecule has 17 heavy (non-hydrogen) atoms. The Balaban J connectivity index is 2.19. The average Bonchev–Trinajstić information content (AvgIpc) is 2.40. The predicted molar refractivity (Wildman–Crippen MR) is 74.8 cm³/mol. The van der Waals surface area contributed by atoms with Crippen LogP contribution in [0.25, 0.3) is 0 Å². The molecule has 0 aliphatic carbocycles. The Morgan fingerprint density at radius 1 is 0.824 bits per heavy atom. The summed E-state index contributed by atoms with van der Waals surface area (Å²) in [5.41, 5.74) is 5.00. The first kappa shape index (κ1) is 11.5. The molecular weight excluding hydrogens is 208 g/mol. The van der Waals surface area contributed by atoms with Crippen LogP contribution in [-0.4, -0.2) is 14.1 Å². The molecule has 2 N–H and O–H groups in total. The highest BCUT2D eigenvalue weighted by molar-refractivity contribution is 5.53. The van der Waals surface area contributed by atoms with E-state index in [9.17, 15) is 0 Å². The maximum atomic E-state index is 3.23. The van der Waals surface area contributed by atoms with Gasteiger partial charge in [0, 0.05) is 25.5 Å². The number of para-hydroxylation sites is 1. The van der Waals surface area contributed by atoms with E-state index in [1.54, 1.807) is 0 Å². The molecule has 2 aromatic carbocycles. The summed E-state index contributed by atoms with van der Waals surface area (Å²) in [4.78, 5) is 0. The molecule has 0 saturated heterocycles. The van der Waals surface area contributed by atoms with Crippen LogP contribution in [0, 0.1) is 0 Å². The number of benzene rings is 2. The van der Waals surface area contributed by atoms with Crippen molar-refractivity contribution in [3.8, 4) is 0 Å². The molecule has 2 aromatic rings. The molecule has 0 spiro atoms. The van der Waals surface area contributed by atoms with Crippen molar-refractivity contribution in [2.75, 3.05) is 24.7 Å². The Bertz CT molecular complexity index is 475. The van der Waals surface area contributed by atoms with E-state index < -0.39 is 0 Å². The lowest BCUT2D eigenvalue weighted by Gasteiger charge is -2.09. The first-order valence-electron chi connectivity index (χ1n) is 5.86.